The normalized spacial score (nSPS) is 23.4. The number of piperazine rings is 1. The number of rotatable bonds is 5. The Kier molecular flexibility index (Phi) is 5.35. The zero-order valence-electron chi connectivity index (χ0n) is 13.1. The van der Waals surface area contributed by atoms with Crippen molar-refractivity contribution in [1.29, 1.82) is 5.26 Å². The van der Waals surface area contributed by atoms with Crippen LogP contribution in [0.3, 0.4) is 0 Å². The summed E-state index contributed by atoms with van der Waals surface area (Å²) < 4.78 is 0. The number of nitrogens with two attached hydrogens (primary N) is 1. The van der Waals surface area contributed by atoms with Gasteiger partial charge in [0.2, 0.25) is 0 Å². The summed E-state index contributed by atoms with van der Waals surface area (Å²) in [6.07, 6.45) is 1.71. The lowest BCUT2D eigenvalue weighted by atomic mass is 9.97. The molecule has 0 radical (unpaired) electrons. The molecule has 2 unspecified atom stereocenters. The molecule has 1 saturated heterocycles. The molecule has 114 valence electrons. The Hall–Kier alpha value is -1.41. The minimum Gasteiger partial charge on any atom is -0.314 e. The van der Waals surface area contributed by atoms with E-state index in [0.717, 1.165) is 39.0 Å². The Balaban J connectivity index is 1.98. The Labute approximate surface area is 128 Å². The van der Waals surface area contributed by atoms with Crippen LogP contribution < -0.4 is 5.73 Å². The second-order valence-electron chi connectivity index (χ2n) is 6.36. The molecule has 1 aromatic carbocycles. The number of hydrogen-bond donors (Lipinski definition) is 1. The molecule has 2 N–H and O–H groups in total. The van der Waals surface area contributed by atoms with Crippen molar-refractivity contribution in [2.75, 3.05) is 33.2 Å². The van der Waals surface area contributed by atoms with Gasteiger partial charge in [-0.1, -0.05) is 30.3 Å². The van der Waals surface area contributed by atoms with Crippen LogP contribution in [-0.2, 0) is 0 Å². The highest BCUT2D eigenvalue weighted by Crippen LogP contribution is 2.25. The van der Waals surface area contributed by atoms with Gasteiger partial charge < -0.3 is 10.6 Å². The molecule has 0 saturated carbocycles. The smallest absolute Gasteiger partial charge is 0.101 e. The molecule has 0 spiro atoms. The molecule has 0 amide bonds. The fourth-order valence-electron chi connectivity index (χ4n) is 2.92. The summed E-state index contributed by atoms with van der Waals surface area (Å²) in [4.78, 5) is 4.92. The SMILES string of the molecule is CN1CCN(CCCC(C)(N)C#N)C(c2ccccc2)C1. The van der Waals surface area contributed by atoms with Crippen LogP contribution in [0.5, 0.6) is 0 Å². The average molecular weight is 286 g/mol. The molecular formula is C17H26N4. The molecule has 1 fully saturated rings. The first-order chi connectivity index (χ1) is 10.0. The van der Waals surface area contributed by atoms with E-state index < -0.39 is 5.54 Å². The van der Waals surface area contributed by atoms with E-state index in [1.807, 2.05) is 6.92 Å². The lowest BCUT2D eigenvalue weighted by Crippen LogP contribution is -2.47. The fourth-order valence-corrected chi connectivity index (χ4v) is 2.92. The van der Waals surface area contributed by atoms with E-state index in [1.165, 1.54) is 5.56 Å². The van der Waals surface area contributed by atoms with Crippen molar-refractivity contribution in [3.05, 3.63) is 35.9 Å². The lowest BCUT2D eigenvalue weighted by molar-refractivity contribution is 0.0873. The van der Waals surface area contributed by atoms with E-state index in [0.29, 0.717) is 6.04 Å². The standard InChI is InChI=1S/C17H26N4/c1-17(19,14-18)9-6-10-21-12-11-20(2)13-16(21)15-7-4-3-5-8-15/h3-5,7-8,16H,6,9-13,19H2,1-2H3. The van der Waals surface area contributed by atoms with Gasteiger partial charge in [0.1, 0.15) is 5.54 Å². The van der Waals surface area contributed by atoms with Gasteiger partial charge in [-0.3, -0.25) is 4.90 Å². The van der Waals surface area contributed by atoms with E-state index in [4.69, 9.17) is 11.0 Å². The molecule has 4 heteroatoms. The summed E-state index contributed by atoms with van der Waals surface area (Å²) >= 11 is 0. The quantitative estimate of drug-likeness (QED) is 0.899. The Bertz CT molecular complexity index is 477. The molecule has 21 heavy (non-hydrogen) atoms. The van der Waals surface area contributed by atoms with Crippen LogP contribution in [0.2, 0.25) is 0 Å². The minimum atomic E-state index is -0.700. The van der Waals surface area contributed by atoms with Gasteiger partial charge in [0.25, 0.3) is 0 Å². The maximum Gasteiger partial charge on any atom is 0.101 e. The van der Waals surface area contributed by atoms with Crippen molar-refractivity contribution < 1.29 is 0 Å². The second-order valence-corrected chi connectivity index (χ2v) is 6.36. The number of nitrogens with zero attached hydrogens (tertiary/aromatic N) is 3. The van der Waals surface area contributed by atoms with Crippen LogP contribution in [-0.4, -0.2) is 48.6 Å². The van der Waals surface area contributed by atoms with Crippen molar-refractivity contribution in [1.82, 2.24) is 9.80 Å². The first-order valence-corrected chi connectivity index (χ1v) is 7.69. The molecule has 0 bridgehead atoms. The summed E-state index contributed by atoms with van der Waals surface area (Å²) in [5.74, 6) is 0. The molecule has 1 aliphatic rings. The number of likely N-dealkylation sites (N-methyl/N-ethyl adjacent to an activating group) is 1. The van der Waals surface area contributed by atoms with Crippen LogP contribution >= 0.6 is 0 Å². The van der Waals surface area contributed by atoms with Gasteiger partial charge in [0.05, 0.1) is 6.07 Å². The van der Waals surface area contributed by atoms with Gasteiger partial charge in [0.15, 0.2) is 0 Å². The van der Waals surface area contributed by atoms with Gasteiger partial charge in [0, 0.05) is 25.7 Å². The van der Waals surface area contributed by atoms with E-state index >= 15 is 0 Å². The zero-order chi connectivity index (χ0) is 15.3. The predicted octanol–water partition coefficient (Wildman–Crippen LogP) is 2.00. The van der Waals surface area contributed by atoms with E-state index in [2.05, 4.69) is 53.2 Å². The molecule has 0 aromatic heterocycles. The lowest BCUT2D eigenvalue weighted by Gasteiger charge is -2.40. The second kappa shape index (κ2) is 7.04. The third-order valence-corrected chi connectivity index (χ3v) is 4.28. The minimum absolute atomic E-state index is 0.441. The van der Waals surface area contributed by atoms with Gasteiger partial charge in [-0.2, -0.15) is 5.26 Å². The molecule has 0 aliphatic carbocycles. The van der Waals surface area contributed by atoms with Crippen LogP contribution in [0.1, 0.15) is 31.4 Å². The monoisotopic (exact) mass is 286 g/mol. The Morgan fingerprint density at radius 2 is 2.05 bits per heavy atom. The number of hydrogen-bond acceptors (Lipinski definition) is 4. The van der Waals surface area contributed by atoms with Gasteiger partial charge >= 0.3 is 0 Å². The van der Waals surface area contributed by atoms with E-state index in [1.54, 1.807) is 0 Å². The number of nitriles is 1. The van der Waals surface area contributed by atoms with Gasteiger partial charge in [-0.15, -0.1) is 0 Å². The highest BCUT2D eigenvalue weighted by molar-refractivity contribution is 5.20. The fraction of sp³-hybridized carbons (Fsp3) is 0.588. The summed E-state index contributed by atoms with van der Waals surface area (Å²) in [6, 6.07) is 13.3. The molecular weight excluding hydrogens is 260 g/mol. The van der Waals surface area contributed by atoms with Crippen molar-refractivity contribution in [3.63, 3.8) is 0 Å². The number of benzene rings is 1. The molecule has 1 heterocycles. The summed E-state index contributed by atoms with van der Waals surface area (Å²) in [5.41, 5.74) is 6.59. The van der Waals surface area contributed by atoms with Gasteiger partial charge in [-0.05, 0) is 38.9 Å². The van der Waals surface area contributed by atoms with Crippen LogP contribution in [0, 0.1) is 11.3 Å². The summed E-state index contributed by atoms with van der Waals surface area (Å²) in [6.45, 7) is 6.04. The highest BCUT2D eigenvalue weighted by Gasteiger charge is 2.26. The largest absolute Gasteiger partial charge is 0.314 e. The van der Waals surface area contributed by atoms with Crippen molar-refractivity contribution in [2.45, 2.75) is 31.3 Å². The van der Waals surface area contributed by atoms with Crippen molar-refractivity contribution in [2.24, 2.45) is 5.73 Å². The van der Waals surface area contributed by atoms with E-state index in [-0.39, 0.29) is 0 Å². The molecule has 2 rings (SSSR count). The maximum atomic E-state index is 9.00. The molecule has 1 aromatic rings. The van der Waals surface area contributed by atoms with Crippen molar-refractivity contribution >= 4 is 0 Å². The Morgan fingerprint density at radius 1 is 1.33 bits per heavy atom. The third-order valence-electron chi connectivity index (χ3n) is 4.28. The van der Waals surface area contributed by atoms with Crippen LogP contribution in [0.15, 0.2) is 30.3 Å². The first kappa shape index (κ1) is 16.0. The topological polar surface area (TPSA) is 56.3 Å². The predicted molar refractivity (Wildman–Crippen MR) is 85.7 cm³/mol. The summed E-state index contributed by atoms with van der Waals surface area (Å²) in [7, 11) is 2.18. The van der Waals surface area contributed by atoms with Crippen molar-refractivity contribution in [3.8, 4) is 6.07 Å². The van der Waals surface area contributed by atoms with E-state index in [9.17, 15) is 0 Å². The van der Waals surface area contributed by atoms with Crippen LogP contribution in [0.25, 0.3) is 0 Å². The molecule has 4 nitrogen and oxygen atoms in total. The molecule has 2 atom stereocenters. The molecule has 1 aliphatic heterocycles. The summed E-state index contributed by atoms with van der Waals surface area (Å²) in [5, 5.41) is 9.00. The van der Waals surface area contributed by atoms with Crippen LogP contribution in [0.4, 0.5) is 0 Å². The maximum absolute atomic E-state index is 9.00. The zero-order valence-corrected chi connectivity index (χ0v) is 13.1. The Morgan fingerprint density at radius 3 is 2.71 bits per heavy atom. The highest BCUT2D eigenvalue weighted by atomic mass is 15.3. The third kappa shape index (κ3) is 4.53. The first-order valence-electron chi connectivity index (χ1n) is 7.69. The van der Waals surface area contributed by atoms with Gasteiger partial charge in [-0.25, -0.2) is 0 Å². The average Bonchev–Trinajstić information content (AvgIpc) is 2.49.